The van der Waals surface area contributed by atoms with E-state index in [1.807, 2.05) is 39.0 Å². The molecule has 1 aliphatic rings. The Kier molecular flexibility index (Phi) is 5.18. The quantitative estimate of drug-likeness (QED) is 0.842. The lowest BCUT2D eigenvalue weighted by molar-refractivity contribution is 0.287. The molecule has 0 amide bonds. The van der Waals surface area contributed by atoms with Crippen LogP contribution in [-0.2, 0) is 10.0 Å². The molecule has 0 aliphatic carbocycles. The van der Waals surface area contributed by atoms with Crippen LogP contribution in [0, 0.1) is 0 Å². The van der Waals surface area contributed by atoms with E-state index in [-0.39, 0.29) is 10.9 Å². The van der Waals surface area contributed by atoms with Crippen LogP contribution in [0.15, 0.2) is 52.4 Å². The van der Waals surface area contributed by atoms with Gasteiger partial charge in [-0.2, -0.15) is 0 Å². The lowest BCUT2D eigenvalue weighted by Crippen LogP contribution is -2.22. The van der Waals surface area contributed by atoms with Gasteiger partial charge in [0, 0.05) is 5.56 Å². The van der Waals surface area contributed by atoms with Gasteiger partial charge in [0.1, 0.15) is 5.84 Å². The SMILES string of the molecule is CCOc1ccc([C@H](C)N=C2NS(=O)(=O)c3ccccc32)cc1OCC. The molecule has 138 valence electrons. The van der Waals surface area contributed by atoms with Crippen LogP contribution in [0.5, 0.6) is 11.5 Å². The van der Waals surface area contributed by atoms with Crippen molar-refractivity contribution >= 4 is 15.9 Å². The second-order valence-electron chi connectivity index (χ2n) is 5.83. The van der Waals surface area contributed by atoms with Crippen molar-refractivity contribution in [3.05, 3.63) is 53.6 Å². The number of sulfonamides is 1. The van der Waals surface area contributed by atoms with Crippen LogP contribution >= 0.6 is 0 Å². The van der Waals surface area contributed by atoms with Crippen molar-refractivity contribution in [1.29, 1.82) is 0 Å². The fraction of sp³-hybridized carbons (Fsp3) is 0.316. The molecule has 1 heterocycles. The molecule has 0 aromatic heterocycles. The van der Waals surface area contributed by atoms with E-state index in [1.165, 1.54) is 0 Å². The summed E-state index contributed by atoms with van der Waals surface area (Å²) in [4.78, 5) is 4.85. The Morgan fingerprint density at radius 3 is 2.46 bits per heavy atom. The van der Waals surface area contributed by atoms with Gasteiger partial charge in [-0.15, -0.1) is 0 Å². The largest absolute Gasteiger partial charge is 0.490 e. The number of hydrogen-bond acceptors (Lipinski definition) is 5. The number of ether oxygens (including phenoxy) is 2. The molecule has 1 atom stereocenters. The van der Waals surface area contributed by atoms with E-state index < -0.39 is 10.0 Å². The van der Waals surface area contributed by atoms with Gasteiger partial charge in [0.2, 0.25) is 0 Å². The number of fused-ring (bicyclic) bond motifs is 1. The fourth-order valence-corrected chi connectivity index (χ4v) is 4.06. The van der Waals surface area contributed by atoms with Crippen molar-refractivity contribution < 1.29 is 17.9 Å². The zero-order valence-corrected chi connectivity index (χ0v) is 15.8. The van der Waals surface area contributed by atoms with Gasteiger partial charge < -0.3 is 9.47 Å². The maximum atomic E-state index is 12.2. The summed E-state index contributed by atoms with van der Waals surface area (Å²) in [5, 5.41) is 0. The molecule has 0 unspecified atom stereocenters. The van der Waals surface area contributed by atoms with Gasteiger partial charge in [0.25, 0.3) is 10.0 Å². The number of rotatable bonds is 6. The molecule has 2 aromatic carbocycles. The average molecular weight is 374 g/mol. The van der Waals surface area contributed by atoms with Gasteiger partial charge in [0.15, 0.2) is 11.5 Å². The molecule has 26 heavy (non-hydrogen) atoms. The Morgan fingerprint density at radius 2 is 1.73 bits per heavy atom. The summed E-state index contributed by atoms with van der Waals surface area (Å²) in [5.74, 6) is 1.70. The molecule has 2 aromatic rings. The van der Waals surface area contributed by atoms with Gasteiger partial charge in [-0.1, -0.05) is 18.2 Å². The number of nitrogens with zero attached hydrogens (tertiary/aromatic N) is 1. The summed E-state index contributed by atoms with van der Waals surface area (Å²) in [6.07, 6.45) is 0. The van der Waals surface area contributed by atoms with Crippen LogP contribution in [0.2, 0.25) is 0 Å². The van der Waals surface area contributed by atoms with Gasteiger partial charge in [-0.3, -0.25) is 9.71 Å². The molecule has 0 spiro atoms. The van der Waals surface area contributed by atoms with Crippen molar-refractivity contribution in [2.24, 2.45) is 4.99 Å². The van der Waals surface area contributed by atoms with E-state index in [9.17, 15) is 8.42 Å². The molecule has 0 bridgehead atoms. The molecular weight excluding hydrogens is 352 g/mol. The van der Waals surface area contributed by atoms with Crippen molar-refractivity contribution in [3.8, 4) is 11.5 Å². The summed E-state index contributed by atoms with van der Waals surface area (Å²) in [6, 6.07) is 12.2. The summed E-state index contributed by atoms with van der Waals surface area (Å²) < 4.78 is 38.2. The standard InChI is InChI=1S/C19H22N2O4S/c1-4-24-16-11-10-14(12-17(16)25-5-2)13(3)20-19-15-8-6-7-9-18(15)26(22,23)21-19/h6-13H,4-5H2,1-3H3,(H,20,21)/t13-/m0/s1. The Bertz CT molecular complexity index is 938. The first-order valence-electron chi connectivity index (χ1n) is 8.55. The zero-order chi connectivity index (χ0) is 18.7. The number of amidine groups is 1. The van der Waals surface area contributed by atoms with Crippen molar-refractivity contribution in [1.82, 2.24) is 4.72 Å². The maximum absolute atomic E-state index is 12.2. The van der Waals surface area contributed by atoms with Crippen LogP contribution in [0.3, 0.4) is 0 Å². The number of nitrogens with one attached hydrogen (secondary N) is 1. The lowest BCUT2D eigenvalue weighted by Gasteiger charge is -2.14. The van der Waals surface area contributed by atoms with Crippen LogP contribution in [0.4, 0.5) is 0 Å². The predicted molar refractivity (Wildman–Crippen MR) is 100 cm³/mol. The zero-order valence-electron chi connectivity index (χ0n) is 15.0. The summed E-state index contributed by atoms with van der Waals surface area (Å²) in [7, 11) is -3.54. The molecule has 0 fully saturated rings. The van der Waals surface area contributed by atoms with Gasteiger partial charge in [-0.05, 0) is 50.6 Å². The second-order valence-corrected chi connectivity index (χ2v) is 7.48. The van der Waals surface area contributed by atoms with Crippen LogP contribution < -0.4 is 14.2 Å². The third-order valence-corrected chi connectivity index (χ3v) is 5.43. The molecule has 0 saturated carbocycles. The third kappa shape index (κ3) is 3.53. The average Bonchev–Trinajstić information content (AvgIpc) is 2.87. The summed E-state index contributed by atoms with van der Waals surface area (Å²) in [5.41, 5.74) is 1.50. The molecular formula is C19H22N2O4S. The highest BCUT2D eigenvalue weighted by Crippen LogP contribution is 2.32. The Balaban J connectivity index is 1.94. The molecule has 0 saturated heterocycles. The van der Waals surface area contributed by atoms with Crippen LogP contribution in [0.25, 0.3) is 0 Å². The molecule has 3 rings (SSSR count). The fourth-order valence-electron chi connectivity index (χ4n) is 2.83. The Labute approximate surface area is 153 Å². The maximum Gasteiger partial charge on any atom is 0.263 e. The highest BCUT2D eigenvalue weighted by Gasteiger charge is 2.30. The Hall–Kier alpha value is -2.54. The van der Waals surface area contributed by atoms with Crippen molar-refractivity contribution in [2.75, 3.05) is 13.2 Å². The monoisotopic (exact) mass is 374 g/mol. The number of aliphatic imine (C=N–C) groups is 1. The van der Waals surface area contributed by atoms with Gasteiger partial charge >= 0.3 is 0 Å². The predicted octanol–water partition coefficient (Wildman–Crippen LogP) is 3.28. The second kappa shape index (κ2) is 7.37. The van der Waals surface area contributed by atoms with Crippen LogP contribution in [0.1, 0.15) is 37.9 Å². The summed E-state index contributed by atoms with van der Waals surface area (Å²) >= 11 is 0. The first-order chi connectivity index (χ1) is 12.5. The highest BCUT2D eigenvalue weighted by molar-refractivity contribution is 7.90. The summed E-state index contributed by atoms with van der Waals surface area (Å²) in [6.45, 7) is 6.82. The van der Waals surface area contributed by atoms with Crippen molar-refractivity contribution in [3.63, 3.8) is 0 Å². The van der Waals surface area contributed by atoms with Gasteiger partial charge in [-0.25, -0.2) is 8.42 Å². The molecule has 0 radical (unpaired) electrons. The minimum atomic E-state index is -3.54. The minimum absolute atomic E-state index is 0.256. The molecule has 1 N–H and O–H groups in total. The first kappa shape index (κ1) is 18.3. The third-order valence-electron chi connectivity index (χ3n) is 4.04. The molecule has 7 heteroatoms. The number of benzene rings is 2. The normalized spacial score (nSPS) is 17.4. The van der Waals surface area contributed by atoms with E-state index in [1.54, 1.807) is 24.3 Å². The lowest BCUT2D eigenvalue weighted by atomic mass is 10.1. The van der Waals surface area contributed by atoms with Crippen molar-refractivity contribution in [2.45, 2.75) is 31.7 Å². The minimum Gasteiger partial charge on any atom is -0.490 e. The highest BCUT2D eigenvalue weighted by atomic mass is 32.2. The molecule has 1 aliphatic heterocycles. The first-order valence-corrected chi connectivity index (χ1v) is 10.0. The van der Waals surface area contributed by atoms with Crippen LogP contribution in [-0.4, -0.2) is 27.5 Å². The number of hydrogen-bond donors (Lipinski definition) is 1. The molecule has 6 nitrogen and oxygen atoms in total. The van der Waals surface area contributed by atoms with E-state index in [2.05, 4.69) is 9.71 Å². The van der Waals surface area contributed by atoms with E-state index >= 15 is 0 Å². The smallest absolute Gasteiger partial charge is 0.263 e. The topological polar surface area (TPSA) is 77.0 Å². The van der Waals surface area contributed by atoms with Gasteiger partial charge in [0.05, 0.1) is 24.2 Å². The van der Waals surface area contributed by atoms with E-state index in [0.717, 1.165) is 5.56 Å². The Morgan fingerprint density at radius 1 is 1.04 bits per heavy atom. The van der Waals surface area contributed by atoms with E-state index in [4.69, 9.17) is 9.47 Å². The van der Waals surface area contributed by atoms with E-state index in [0.29, 0.717) is 36.1 Å².